The molecule has 2 N–H and O–H groups in total. The van der Waals surface area contributed by atoms with Crippen LogP contribution in [0.5, 0.6) is 17.2 Å². The molecule has 0 radical (unpaired) electrons. The van der Waals surface area contributed by atoms with Crippen LogP contribution in [0.25, 0.3) is 0 Å². The lowest BCUT2D eigenvalue weighted by Crippen LogP contribution is -2.17. The fourth-order valence-electron chi connectivity index (χ4n) is 3.09. The largest absolute Gasteiger partial charge is 0.506 e. The quantitative estimate of drug-likeness (QED) is 0.285. The first-order valence-electron chi connectivity index (χ1n) is 10.5. The van der Waals surface area contributed by atoms with E-state index in [9.17, 15) is 9.90 Å². The zero-order chi connectivity index (χ0) is 24.7. The summed E-state index contributed by atoms with van der Waals surface area (Å²) in [5, 5.41) is 13.5. The summed E-state index contributed by atoms with van der Waals surface area (Å²) < 4.78 is 11.0. The van der Waals surface area contributed by atoms with E-state index >= 15 is 0 Å². The number of nitrogens with one attached hydrogen (secondary N) is 1. The molecule has 0 aromatic heterocycles. The molecule has 1 amide bonds. The molecule has 0 spiro atoms. The van der Waals surface area contributed by atoms with Crippen molar-refractivity contribution in [1.82, 2.24) is 5.43 Å². The van der Waals surface area contributed by atoms with Crippen LogP contribution in [0.15, 0.2) is 59.7 Å². The molecule has 0 atom stereocenters. The average molecular weight is 477 g/mol. The summed E-state index contributed by atoms with van der Waals surface area (Å²) in [6.45, 7) is 4.30. The number of hydrogen-bond donors (Lipinski definition) is 2. The average Bonchev–Trinajstić information content (AvgIpc) is 2.84. The number of carbonyl (C=O) groups excluding carboxylic acids is 1. The maximum Gasteiger partial charge on any atom is 0.271 e. The van der Waals surface area contributed by atoms with Gasteiger partial charge in [0.05, 0.1) is 25.5 Å². The lowest BCUT2D eigenvalue weighted by Gasteiger charge is -2.10. The Kier molecular flexibility index (Phi) is 8.18. The molecule has 3 aromatic rings. The minimum Gasteiger partial charge on any atom is -0.506 e. The SMILES string of the molecule is COc1cc(C=NNC(=O)c2ccc(O)c(Cl)c2)cc(OC)c1C#Cc1ccc(C(C)C)cc1. The van der Waals surface area contributed by atoms with Crippen LogP contribution >= 0.6 is 11.6 Å². The number of aromatic hydroxyl groups is 1. The predicted molar refractivity (Wildman–Crippen MR) is 134 cm³/mol. The summed E-state index contributed by atoms with van der Waals surface area (Å²) in [4.78, 5) is 12.2. The minimum atomic E-state index is -0.469. The number of amides is 1. The third kappa shape index (κ3) is 6.09. The van der Waals surface area contributed by atoms with E-state index in [0.29, 0.717) is 28.5 Å². The molecular formula is C27H25ClN2O4. The monoisotopic (exact) mass is 476 g/mol. The number of hydrazone groups is 1. The van der Waals surface area contributed by atoms with Crippen molar-refractivity contribution in [3.05, 3.63) is 87.4 Å². The summed E-state index contributed by atoms with van der Waals surface area (Å²) >= 11 is 5.85. The van der Waals surface area contributed by atoms with Gasteiger partial charge in [-0.3, -0.25) is 4.79 Å². The molecule has 7 heteroatoms. The van der Waals surface area contributed by atoms with E-state index in [0.717, 1.165) is 5.56 Å². The van der Waals surface area contributed by atoms with Crippen molar-refractivity contribution in [2.45, 2.75) is 19.8 Å². The molecule has 0 aliphatic carbocycles. The van der Waals surface area contributed by atoms with E-state index in [1.54, 1.807) is 26.4 Å². The number of benzene rings is 3. The molecule has 3 rings (SSSR count). The van der Waals surface area contributed by atoms with Crippen molar-refractivity contribution in [3.63, 3.8) is 0 Å². The minimum absolute atomic E-state index is 0.0821. The molecule has 0 saturated heterocycles. The van der Waals surface area contributed by atoms with Gasteiger partial charge in [-0.1, -0.05) is 49.4 Å². The molecule has 0 bridgehead atoms. The van der Waals surface area contributed by atoms with Gasteiger partial charge in [-0.25, -0.2) is 5.43 Å². The summed E-state index contributed by atoms with van der Waals surface area (Å²) in [5.74, 6) is 7.21. The first-order valence-corrected chi connectivity index (χ1v) is 10.9. The van der Waals surface area contributed by atoms with Crippen LogP contribution in [0.4, 0.5) is 0 Å². The highest BCUT2D eigenvalue weighted by molar-refractivity contribution is 6.32. The first-order chi connectivity index (χ1) is 16.3. The van der Waals surface area contributed by atoms with Crippen LogP contribution < -0.4 is 14.9 Å². The van der Waals surface area contributed by atoms with Gasteiger partial charge in [0.2, 0.25) is 0 Å². The van der Waals surface area contributed by atoms with Gasteiger partial charge in [0.1, 0.15) is 22.8 Å². The molecule has 174 valence electrons. The highest BCUT2D eigenvalue weighted by Crippen LogP contribution is 2.29. The van der Waals surface area contributed by atoms with Crippen molar-refractivity contribution in [2.24, 2.45) is 5.10 Å². The number of methoxy groups -OCH3 is 2. The Morgan fingerprint density at radius 3 is 2.24 bits per heavy atom. The van der Waals surface area contributed by atoms with Gasteiger partial charge >= 0.3 is 0 Å². The third-order valence-corrected chi connectivity index (χ3v) is 5.33. The van der Waals surface area contributed by atoms with Crippen molar-refractivity contribution in [2.75, 3.05) is 14.2 Å². The number of phenols is 1. The molecule has 0 aliphatic rings. The van der Waals surface area contributed by atoms with Gasteiger partial charge in [0, 0.05) is 16.7 Å². The Morgan fingerprint density at radius 2 is 1.68 bits per heavy atom. The Bertz CT molecular complexity index is 1250. The van der Waals surface area contributed by atoms with Crippen LogP contribution in [0.3, 0.4) is 0 Å². The summed E-state index contributed by atoms with van der Waals surface area (Å²) in [6, 6.07) is 15.8. The number of carbonyl (C=O) groups is 1. The van der Waals surface area contributed by atoms with Crippen LogP contribution in [-0.2, 0) is 0 Å². The van der Waals surface area contributed by atoms with Crippen molar-refractivity contribution >= 4 is 23.7 Å². The number of ether oxygens (including phenoxy) is 2. The number of rotatable bonds is 6. The van der Waals surface area contributed by atoms with Crippen LogP contribution in [0.2, 0.25) is 5.02 Å². The van der Waals surface area contributed by atoms with E-state index in [-0.39, 0.29) is 16.3 Å². The fraction of sp³-hybridized carbons (Fsp3) is 0.185. The lowest BCUT2D eigenvalue weighted by molar-refractivity contribution is 0.0955. The molecule has 0 fully saturated rings. The molecule has 34 heavy (non-hydrogen) atoms. The van der Waals surface area contributed by atoms with Crippen molar-refractivity contribution < 1.29 is 19.4 Å². The smallest absolute Gasteiger partial charge is 0.271 e. The number of nitrogens with zero attached hydrogens (tertiary/aromatic N) is 1. The fourth-order valence-corrected chi connectivity index (χ4v) is 3.27. The predicted octanol–water partition coefficient (Wildman–Crippen LogP) is 5.35. The normalized spacial score (nSPS) is 10.6. The van der Waals surface area contributed by atoms with Crippen LogP contribution in [-0.4, -0.2) is 31.4 Å². The third-order valence-electron chi connectivity index (χ3n) is 5.03. The molecule has 0 saturated carbocycles. The molecule has 0 heterocycles. The van der Waals surface area contributed by atoms with Crippen molar-refractivity contribution in [3.8, 4) is 29.1 Å². The van der Waals surface area contributed by atoms with Gasteiger partial charge in [0.25, 0.3) is 5.91 Å². The van der Waals surface area contributed by atoms with E-state index in [1.807, 2.05) is 12.1 Å². The molecule has 6 nitrogen and oxygen atoms in total. The standard InChI is InChI=1S/C27H25ClN2O4/c1-17(2)20-8-5-18(6-9-20)7-11-22-25(33-3)13-19(14-26(22)34-4)16-29-30-27(32)21-10-12-24(31)23(28)15-21/h5-6,8-10,12-17,31H,1-4H3,(H,30,32). The summed E-state index contributed by atoms with van der Waals surface area (Å²) in [5.41, 5.74) is 6.08. The van der Waals surface area contributed by atoms with E-state index < -0.39 is 5.91 Å². The van der Waals surface area contributed by atoms with Gasteiger partial charge in [0.15, 0.2) is 0 Å². The van der Waals surface area contributed by atoms with Gasteiger partial charge < -0.3 is 14.6 Å². The molecule has 0 unspecified atom stereocenters. The van der Waals surface area contributed by atoms with Crippen molar-refractivity contribution in [1.29, 1.82) is 0 Å². The zero-order valence-electron chi connectivity index (χ0n) is 19.3. The van der Waals surface area contributed by atoms with Gasteiger partial charge in [-0.2, -0.15) is 5.10 Å². The Hall–Kier alpha value is -3.95. The van der Waals surface area contributed by atoms with Crippen LogP contribution in [0.1, 0.15) is 52.4 Å². The highest BCUT2D eigenvalue weighted by Gasteiger charge is 2.11. The van der Waals surface area contributed by atoms with Gasteiger partial charge in [-0.05, 0) is 53.9 Å². The Balaban J connectivity index is 1.80. The van der Waals surface area contributed by atoms with E-state index in [4.69, 9.17) is 21.1 Å². The first kappa shape index (κ1) is 24.7. The number of phenolic OH excluding ortho intramolecular Hbond substituents is 1. The number of hydrogen-bond acceptors (Lipinski definition) is 5. The summed E-state index contributed by atoms with van der Waals surface area (Å²) in [7, 11) is 3.10. The molecule has 0 aliphatic heterocycles. The van der Waals surface area contributed by atoms with E-state index in [1.165, 1.54) is 30.0 Å². The maximum atomic E-state index is 12.2. The second kappa shape index (κ2) is 11.3. The zero-order valence-corrected chi connectivity index (χ0v) is 20.1. The molecule has 3 aromatic carbocycles. The second-order valence-electron chi connectivity index (χ2n) is 7.69. The Labute approximate surface area is 204 Å². The topological polar surface area (TPSA) is 80.2 Å². The van der Waals surface area contributed by atoms with Gasteiger partial charge in [-0.15, -0.1) is 0 Å². The van der Waals surface area contributed by atoms with E-state index in [2.05, 4.69) is 48.3 Å². The van der Waals surface area contributed by atoms with Crippen LogP contribution in [0, 0.1) is 11.8 Å². The lowest BCUT2D eigenvalue weighted by atomic mass is 10.0. The second-order valence-corrected chi connectivity index (χ2v) is 8.10. The maximum absolute atomic E-state index is 12.2. The molecular weight excluding hydrogens is 452 g/mol. The summed E-state index contributed by atoms with van der Waals surface area (Å²) in [6.07, 6.45) is 1.47. The number of halogens is 1. The highest BCUT2D eigenvalue weighted by atomic mass is 35.5. The Morgan fingerprint density at radius 1 is 1.03 bits per heavy atom.